The molecule has 2 aromatic heterocycles. The Kier molecular flexibility index (Phi) is 4.68. The van der Waals surface area contributed by atoms with E-state index < -0.39 is 28.9 Å². The predicted molar refractivity (Wildman–Crippen MR) is 97.9 cm³/mol. The van der Waals surface area contributed by atoms with Gasteiger partial charge in [0.05, 0.1) is 17.3 Å². The van der Waals surface area contributed by atoms with Crippen LogP contribution in [0.25, 0.3) is 0 Å². The Morgan fingerprint density at radius 2 is 2.04 bits per heavy atom. The Morgan fingerprint density at radius 3 is 2.70 bits per heavy atom. The van der Waals surface area contributed by atoms with E-state index in [2.05, 4.69) is 15.3 Å². The van der Waals surface area contributed by atoms with Crippen molar-refractivity contribution >= 4 is 34.1 Å². The Balaban J connectivity index is 1.71. The summed E-state index contributed by atoms with van der Waals surface area (Å²) < 4.78 is 41.6. The van der Waals surface area contributed by atoms with E-state index in [9.17, 15) is 18.0 Å². The summed E-state index contributed by atoms with van der Waals surface area (Å²) in [6.07, 6.45) is -2.13. The Hall–Kier alpha value is -1.65. The summed E-state index contributed by atoms with van der Waals surface area (Å²) >= 11 is 2.27. The Labute approximate surface area is 162 Å². The van der Waals surface area contributed by atoms with Crippen LogP contribution in [0.1, 0.15) is 47.0 Å². The third-order valence-corrected chi connectivity index (χ3v) is 6.94. The number of halogens is 3. The van der Waals surface area contributed by atoms with E-state index in [4.69, 9.17) is 5.73 Å². The molecule has 0 bridgehead atoms. The SMILES string of the molecule is Cc1csc(NC(=O)C2Sc3nc4c(c(C(F)(F)F)c3[C@H]2N)CCCC4)n1. The number of carbonyl (C=O) groups is 1. The van der Waals surface area contributed by atoms with Crippen LogP contribution in [0.3, 0.4) is 0 Å². The van der Waals surface area contributed by atoms with Gasteiger partial charge < -0.3 is 11.1 Å². The van der Waals surface area contributed by atoms with E-state index in [1.54, 1.807) is 12.3 Å². The van der Waals surface area contributed by atoms with Crippen LogP contribution in [0.15, 0.2) is 10.4 Å². The maximum Gasteiger partial charge on any atom is 0.417 e. The molecule has 0 fully saturated rings. The van der Waals surface area contributed by atoms with Crippen molar-refractivity contribution in [2.24, 2.45) is 5.73 Å². The molecule has 0 saturated carbocycles. The number of thiazole rings is 1. The molecule has 0 aromatic carbocycles. The number of amides is 1. The molecular formula is C17H17F3N4OS2. The number of thioether (sulfide) groups is 1. The van der Waals surface area contributed by atoms with Crippen LogP contribution in [0, 0.1) is 6.92 Å². The molecule has 1 aliphatic heterocycles. The van der Waals surface area contributed by atoms with Gasteiger partial charge in [-0.25, -0.2) is 9.97 Å². The van der Waals surface area contributed by atoms with Crippen molar-refractivity contribution in [3.8, 4) is 0 Å². The van der Waals surface area contributed by atoms with Crippen molar-refractivity contribution in [1.82, 2.24) is 9.97 Å². The quantitative estimate of drug-likeness (QED) is 0.780. The van der Waals surface area contributed by atoms with Gasteiger partial charge in [-0.1, -0.05) is 11.8 Å². The Morgan fingerprint density at radius 1 is 1.30 bits per heavy atom. The maximum atomic E-state index is 13.9. The molecule has 1 amide bonds. The molecule has 0 saturated heterocycles. The number of fused-ring (bicyclic) bond motifs is 2. The van der Waals surface area contributed by atoms with Crippen molar-refractivity contribution in [3.63, 3.8) is 0 Å². The molecule has 1 aliphatic carbocycles. The van der Waals surface area contributed by atoms with E-state index in [0.29, 0.717) is 30.1 Å². The second-order valence-electron chi connectivity index (χ2n) is 6.68. The number of hydrogen-bond acceptors (Lipinski definition) is 6. The summed E-state index contributed by atoms with van der Waals surface area (Å²) in [5, 5.41) is 4.20. The lowest BCUT2D eigenvalue weighted by Gasteiger charge is -2.24. The second-order valence-corrected chi connectivity index (χ2v) is 8.67. The van der Waals surface area contributed by atoms with Crippen LogP contribution in [0.2, 0.25) is 0 Å². The minimum Gasteiger partial charge on any atom is -0.322 e. The van der Waals surface area contributed by atoms with Crippen molar-refractivity contribution in [2.75, 3.05) is 5.32 Å². The van der Waals surface area contributed by atoms with Gasteiger partial charge in [-0.05, 0) is 38.2 Å². The first kappa shape index (κ1) is 18.7. The third-order valence-electron chi connectivity index (χ3n) is 4.77. The second kappa shape index (κ2) is 6.75. The summed E-state index contributed by atoms with van der Waals surface area (Å²) in [5.41, 5.74) is 6.93. The van der Waals surface area contributed by atoms with Gasteiger partial charge in [-0.15, -0.1) is 11.3 Å². The monoisotopic (exact) mass is 414 g/mol. The normalized spacial score (nSPS) is 21.7. The molecular weight excluding hydrogens is 397 g/mol. The highest BCUT2D eigenvalue weighted by Gasteiger charge is 2.47. The molecule has 144 valence electrons. The van der Waals surface area contributed by atoms with Crippen molar-refractivity contribution in [3.05, 3.63) is 33.5 Å². The van der Waals surface area contributed by atoms with Crippen molar-refractivity contribution in [2.45, 2.75) is 55.1 Å². The minimum atomic E-state index is -4.52. The molecule has 3 heterocycles. The largest absolute Gasteiger partial charge is 0.417 e. The van der Waals surface area contributed by atoms with Crippen molar-refractivity contribution in [1.29, 1.82) is 0 Å². The number of nitrogens with two attached hydrogens (primary N) is 1. The molecule has 10 heteroatoms. The van der Waals surface area contributed by atoms with Gasteiger partial charge in [0.1, 0.15) is 10.3 Å². The summed E-state index contributed by atoms with van der Waals surface area (Å²) in [6.45, 7) is 1.79. The molecule has 0 spiro atoms. The van der Waals surface area contributed by atoms with Crippen molar-refractivity contribution < 1.29 is 18.0 Å². The first-order valence-corrected chi connectivity index (χ1v) is 10.3. The lowest BCUT2D eigenvalue weighted by Crippen LogP contribution is -2.33. The van der Waals surface area contributed by atoms with E-state index in [-0.39, 0.29) is 16.2 Å². The molecule has 2 aliphatic rings. The van der Waals surface area contributed by atoms with Gasteiger partial charge in [-0.3, -0.25) is 4.79 Å². The Bertz CT molecular complexity index is 912. The van der Waals surface area contributed by atoms with Crippen LogP contribution in [0.4, 0.5) is 18.3 Å². The molecule has 3 N–H and O–H groups in total. The fourth-order valence-electron chi connectivity index (χ4n) is 3.61. The van der Waals surface area contributed by atoms with Gasteiger partial charge in [0.15, 0.2) is 5.13 Å². The number of nitrogens with one attached hydrogen (secondary N) is 1. The first-order chi connectivity index (χ1) is 12.8. The standard InChI is InChI=1S/C17H17F3N4OS2/c1-7-6-26-16(22-7)24-14(25)13-12(21)10-11(17(18,19)20)8-4-2-3-5-9(8)23-15(10)27-13/h6,12-13H,2-5,21H2,1H3,(H,22,24,25)/t12-,13?/m1/s1. The summed E-state index contributed by atoms with van der Waals surface area (Å²) in [6, 6.07) is -1.07. The molecule has 2 atom stereocenters. The van der Waals surface area contributed by atoms with Gasteiger partial charge in [-0.2, -0.15) is 13.2 Å². The average Bonchev–Trinajstić information content (AvgIpc) is 3.15. The van der Waals surface area contributed by atoms with Crippen LogP contribution in [0.5, 0.6) is 0 Å². The van der Waals surface area contributed by atoms with Crippen LogP contribution >= 0.6 is 23.1 Å². The van der Waals surface area contributed by atoms with Gasteiger partial charge in [0, 0.05) is 16.6 Å². The third kappa shape index (κ3) is 3.34. The fraction of sp³-hybridized carbons (Fsp3) is 0.471. The number of pyridine rings is 1. The zero-order valence-corrected chi connectivity index (χ0v) is 16.0. The van der Waals surface area contributed by atoms with Gasteiger partial charge >= 0.3 is 6.18 Å². The van der Waals surface area contributed by atoms with Crippen LogP contribution < -0.4 is 11.1 Å². The number of rotatable bonds is 2. The van der Waals surface area contributed by atoms with E-state index in [0.717, 1.165) is 23.9 Å². The number of hydrogen-bond donors (Lipinski definition) is 2. The maximum absolute atomic E-state index is 13.9. The molecule has 2 aromatic rings. The molecule has 4 rings (SSSR count). The highest BCUT2D eigenvalue weighted by Crippen LogP contribution is 2.50. The predicted octanol–water partition coefficient (Wildman–Crippen LogP) is 3.86. The highest BCUT2D eigenvalue weighted by molar-refractivity contribution is 8.01. The van der Waals surface area contributed by atoms with Crippen LogP contribution in [-0.2, 0) is 23.8 Å². The van der Waals surface area contributed by atoms with E-state index in [1.807, 2.05) is 0 Å². The smallest absolute Gasteiger partial charge is 0.322 e. The van der Waals surface area contributed by atoms with E-state index >= 15 is 0 Å². The zero-order valence-electron chi connectivity index (χ0n) is 14.4. The summed E-state index contributed by atoms with van der Waals surface area (Å²) in [7, 11) is 0. The molecule has 5 nitrogen and oxygen atoms in total. The number of aromatic nitrogens is 2. The number of anilines is 1. The number of carbonyl (C=O) groups excluding carboxylic acids is 1. The number of nitrogens with zero attached hydrogens (tertiary/aromatic N) is 2. The minimum absolute atomic E-state index is 0.0383. The van der Waals surface area contributed by atoms with Crippen LogP contribution in [-0.4, -0.2) is 21.1 Å². The summed E-state index contributed by atoms with van der Waals surface area (Å²) in [4.78, 5) is 21.2. The lowest BCUT2D eigenvalue weighted by molar-refractivity contribution is -0.139. The van der Waals surface area contributed by atoms with Gasteiger partial charge in [0.2, 0.25) is 5.91 Å². The topological polar surface area (TPSA) is 80.9 Å². The van der Waals surface area contributed by atoms with E-state index in [1.165, 1.54) is 11.3 Å². The molecule has 0 radical (unpaired) electrons. The fourth-order valence-corrected chi connectivity index (χ4v) is 5.51. The first-order valence-electron chi connectivity index (χ1n) is 8.53. The highest BCUT2D eigenvalue weighted by atomic mass is 32.2. The molecule has 1 unspecified atom stereocenters. The molecule has 27 heavy (non-hydrogen) atoms. The average molecular weight is 414 g/mol. The zero-order chi connectivity index (χ0) is 19.3. The number of alkyl halides is 3. The summed E-state index contributed by atoms with van der Waals surface area (Å²) in [5.74, 6) is -0.453. The van der Waals surface area contributed by atoms with Gasteiger partial charge in [0.25, 0.3) is 0 Å². The number of aryl methyl sites for hydroxylation is 2. The lowest BCUT2D eigenvalue weighted by atomic mass is 9.87.